The van der Waals surface area contributed by atoms with E-state index in [1.807, 2.05) is 6.07 Å². The lowest BCUT2D eigenvalue weighted by molar-refractivity contribution is 0.435. The van der Waals surface area contributed by atoms with Gasteiger partial charge < -0.3 is 25.3 Å². The summed E-state index contributed by atoms with van der Waals surface area (Å²) in [7, 11) is 0. The van der Waals surface area contributed by atoms with Crippen molar-refractivity contribution in [3.63, 3.8) is 0 Å². The average molecular weight is 604 g/mol. The summed E-state index contributed by atoms with van der Waals surface area (Å²) in [6, 6.07) is 21.1. The van der Waals surface area contributed by atoms with Gasteiger partial charge in [0.25, 0.3) is 0 Å². The number of thiocarbonyl (C=S) groups is 1. The van der Waals surface area contributed by atoms with E-state index in [0.717, 1.165) is 75.3 Å². The molecule has 3 heterocycles. The summed E-state index contributed by atoms with van der Waals surface area (Å²) >= 11 is 12.2. The number of aromatic nitrogens is 2. The van der Waals surface area contributed by atoms with Crippen molar-refractivity contribution < 1.29 is 0 Å². The average Bonchev–Trinajstić information content (AvgIpc) is 3.51. The van der Waals surface area contributed by atoms with Crippen LogP contribution in [-0.4, -0.2) is 60.9 Å². The highest BCUT2D eigenvalue weighted by molar-refractivity contribution is 7.80. The molecule has 42 heavy (non-hydrogen) atoms. The van der Waals surface area contributed by atoms with Crippen molar-refractivity contribution >= 4 is 52.2 Å². The molecule has 3 fully saturated rings. The summed E-state index contributed by atoms with van der Waals surface area (Å²) in [6.07, 6.45) is 7.14. The number of benzene rings is 2. The maximum absolute atomic E-state index is 6.38. The number of para-hydroxylation sites is 1. The van der Waals surface area contributed by atoms with E-state index in [1.54, 1.807) is 0 Å². The van der Waals surface area contributed by atoms with E-state index in [4.69, 9.17) is 33.8 Å². The lowest BCUT2D eigenvalue weighted by Gasteiger charge is -2.37. The molecule has 0 unspecified atom stereocenters. The third-order valence-corrected chi connectivity index (χ3v) is 9.70. The van der Waals surface area contributed by atoms with Crippen LogP contribution < -0.4 is 25.3 Å². The molecule has 2 aromatic carbocycles. The number of hydrogen-bond donors (Lipinski definition) is 2. The van der Waals surface area contributed by atoms with Crippen molar-refractivity contribution in [3.05, 3.63) is 71.2 Å². The molecule has 1 atom stereocenters. The van der Waals surface area contributed by atoms with Crippen molar-refractivity contribution in [1.29, 1.82) is 0 Å². The van der Waals surface area contributed by atoms with E-state index in [1.165, 1.54) is 36.9 Å². The first-order valence-electron chi connectivity index (χ1n) is 15.5. The molecule has 2 N–H and O–H groups in total. The van der Waals surface area contributed by atoms with Gasteiger partial charge >= 0.3 is 0 Å². The molecule has 1 saturated carbocycles. The Balaban J connectivity index is 1.17. The van der Waals surface area contributed by atoms with Crippen LogP contribution >= 0.6 is 23.8 Å². The normalized spacial score (nSPS) is 20.4. The molecule has 1 aliphatic carbocycles. The van der Waals surface area contributed by atoms with E-state index in [9.17, 15) is 0 Å². The Morgan fingerprint density at radius 3 is 2.31 bits per heavy atom. The summed E-state index contributed by atoms with van der Waals surface area (Å²) in [4.78, 5) is 17.2. The molecule has 222 valence electrons. The Labute approximate surface area is 260 Å². The summed E-state index contributed by atoms with van der Waals surface area (Å²) in [5.74, 6) is 3.16. The molecule has 2 aliphatic heterocycles. The van der Waals surface area contributed by atoms with Crippen LogP contribution in [0.5, 0.6) is 0 Å². The smallest absolute Gasteiger partial charge is 0.232 e. The first kappa shape index (κ1) is 29.0. The monoisotopic (exact) mass is 603 g/mol. The SMILES string of the molecule is C[C@@H]1CCCN(c2cc(N3CCN(c4ccccc4)CC3)nc(NC(=S)NCC3(c4cccc(Cl)c4)CCCC3)n2)C1. The number of piperidine rings is 1. The summed E-state index contributed by atoms with van der Waals surface area (Å²) in [5.41, 5.74) is 2.60. The topological polar surface area (TPSA) is 59.6 Å². The van der Waals surface area contributed by atoms with E-state index < -0.39 is 0 Å². The van der Waals surface area contributed by atoms with Crippen LogP contribution in [0.2, 0.25) is 5.02 Å². The minimum absolute atomic E-state index is 0.0346. The van der Waals surface area contributed by atoms with Gasteiger partial charge in [0.2, 0.25) is 5.95 Å². The summed E-state index contributed by atoms with van der Waals surface area (Å²) in [6.45, 7) is 8.86. The zero-order valence-corrected chi connectivity index (χ0v) is 26.1. The van der Waals surface area contributed by atoms with Gasteiger partial charge in [-0.2, -0.15) is 9.97 Å². The van der Waals surface area contributed by atoms with Gasteiger partial charge in [0.15, 0.2) is 5.11 Å². The van der Waals surface area contributed by atoms with Crippen molar-refractivity contribution in [2.75, 3.05) is 65.8 Å². The van der Waals surface area contributed by atoms with Crippen molar-refractivity contribution in [3.8, 4) is 0 Å². The third-order valence-electron chi connectivity index (χ3n) is 9.22. The van der Waals surface area contributed by atoms with Gasteiger partial charge in [0.1, 0.15) is 11.6 Å². The Morgan fingerprint density at radius 2 is 1.60 bits per heavy atom. The molecule has 7 nitrogen and oxygen atoms in total. The fourth-order valence-corrected chi connectivity index (χ4v) is 7.22. The first-order chi connectivity index (χ1) is 20.5. The number of hydrogen-bond acceptors (Lipinski definition) is 6. The Morgan fingerprint density at radius 1 is 0.881 bits per heavy atom. The van der Waals surface area contributed by atoms with Gasteiger partial charge in [0.05, 0.1) is 0 Å². The van der Waals surface area contributed by atoms with Crippen molar-refractivity contribution in [1.82, 2.24) is 15.3 Å². The standard InChI is InChI=1S/C33H42ClN7S/c1-25-9-8-16-41(23-25)30-22-29(40-19-17-39(18-20-40)28-12-3-2-4-13-28)36-31(37-30)38-32(42)35-24-33(14-5-6-15-33)26-10-7-11-27(34)21-26/h2-4,7,10-13,21-22,25H,5-6,8-9,14-20,23-24H2,1H3,(H2,35,36,37,38,42)/t25-/m1/s1. The second-order valence-electron chi connectivity index (χ2n) is 12.2. The highest BCUT2D eigenvalue weighted by Gasteiger charge is 2.36. The predicted molar refractivity (Wildman–Crippen MR) is 179 cm³/mol. The maximum Gasteiger partial charge on any atom is 0.232 e. The second-order valence-corrected chi connectivity index (χ2v) is 13.1. The summed E-state index contributed by atoms with van der Waals surface area (Å²) < 4.78 is 0. The molecular formula is C33H42ClN7S. The second kappa shape index (κ2) is 13.0. The van der Waals surface area contributed by atoms with Crippen LogP contribution in [0.1, 0.15) is 51.0 Å². The zero-order chi connectivity index (χ0) is 28.9. The first-order valence-corrected chi connectivity index (χ1v) is 16.3. The van der Waals surface area contributed by atoms with Crippen molar-refractivity contribution in [2.45, 2.75) is 50.9 Å². The quantitative estimate of drug-likeness (QED) is 0.297. The van der Waals surface area contributed by atoms with E-state index in [-0.39, 0.29) is 5.41 Å². The van der Waals surface area contributed by atoms with Crippen LogP contribution in [0, 0.1) is 5.92 Å². The van der Waals surface area contributed by atoms with Crippen LogP contribution in [0.4, 0.5) is 23.3 Å². The van der Waals surface area contributed by atoms with Crippen molar-refractivity contribution in [2.24, 2.45) is 5.92 Å². The van der Waals surface area contributed by atoms with Crippen LogP contribution in [0.15, 0.2) is 60.7 Å². The minimum Gasteiger partial charge on any atom is -0.368 e. The van der Waals surface area contributed by atoms with Gasteiger partial charge in [-0.05, 0) is 73.6 Å². The van der Waals surface area contributed by atoms with Gasteiger partial charge in [-0.25, -0.2) is 0 Å². The molecule has 3 aromatic rings. The maximum atomic E-state index is 6.38. The molecule has 6 rings (SSSR count). The van der Waals surface area contributed by atoms with Crippen LogP contribution in [-0.2, 0) is 5.41 Å². The minimum atomic E-state index is 0.0346. The number of rotatable bonds is 7. The van der Waals surface area contributed by atoms with Gasteiger partial charge in [-0.3, -0.25) is 0 Å². The number of nitrogens with zero attached hydrogens (tertiary/aromatic N) is 5. The Bertz CT molecular complexity index is 1360. The lowest BCUT2D eigenvalue weighted by Crippen LogP contribution is -2.47. The molecule has 9 heteroatoms. The Hall–Kier alpha value is -3.10. The molecule has 0 spiro atoms. The molecule has 1 aromatic heterocycles. The molecular weight excluding hydrogens is 562 g/mol. The van der Waals surface area contributed by atoms with E-state index in [2.05, 4.69) is 86.9 Å². The number of piperazine rings is 1. The zero-order valence-electron chi connectivity index (χ0n) is 24.6. The third kappa shape index (κ3) is 6.76. The Kier molecular flexibility index (Phi) is 9.00. The molecule has 0 bridgehead atoms. The molecule has 2 saturated heterocycles. The highest BCUT2D eigenvalue weighted by Crippen LogP contribution is 2.41. The fraction of sp³-hybridized carbons (Fsp3) is 0.485. The molecule has 0 amide bonds. The number of halogens is 1. The van der Waals surface area contributed by atoms with Crippen LogP contribution in [0.3, 0.4) is 0 Å². The van der Waals surface area contributed by atoms with Crippen LogP contribution in [0.25, 0.3) is 0 Å². The summed E-state index contributed by atoms with van der Waals surface area (Å²) in [5, 5.41) is 8.23. The lowest BCUT2D eigenvalue weighted by atomic mass is 9.79. The number of nitrogens with one attached hydrogen (secondary N) is 2. The van der Waals surface area contributed by atoms with E-state index >= 15 is 0 Å². The number of anilines is 4. The predicted octanol–water partition coefficient (Wildman–Crippen LogP) is 6.49. The molecule has 0 radical (unpaired) electrons. The van der Waals surface area contributed by atoms with E-state index in [0.29, 0.717) is 17.0 Å². The fourth-order valence-electron chi connectivity index (χ4n) is 6.86. The highest BCUT2D eigenvalue weighted by atomic mass is 35.5. The largest absolute Gasteiger partial charge is 0.368 e. The van der Waals surface area contributed by atoms with Gasteiger partial charge in [-0.1, -0.05) is 61.7 Å². The molecule has 3 aliphatic rings. The van der Waals surface area contributed by atoms with Gasteiger partial charge in [0, 0.05) is 68.0 Å². The van der Waals surface area contributed by atoms with Gasteiger partial charge in [-0.15, -0.1) is 0 Å².